The molecule has 0 saturated carbocycles. The van der Waals surface area contributed by atoms with Crippen LogP contribution >= 0.6 is 0 Å². The molecule has 2 heterocycles. The van der Waals surface area contributed by atoms with Crippen molar-refractivity contribution in [1.29, 1.82) is 0 Å². The van der Waals surface area contributed by atoms with E-state index >= 15 is 0 Å². The van der Waals surface area contributed by atoms with E-state index < -0.39 is 0 Å². The van der Waals surface area contributed by atoms with Crippen LogP contribution in [0.25, 0.3) is 22.4 Å². The zero-order valence-corrected chi connectivity index (χ0v) is 17.6. The first-order valence-corrected chi connectivity index (χ1v) is 10.7. The number of aromatic nitrogens is 2. The summed E-state index contributed by atoms with van der Waals surface area (Å²) in [6, 6.07) is 34.2. The number of nitrogens with zero attached hydrogens (tertiary/aromatic N) is 2. The van der Waals surface area contributed by atoms with E-state index in [9.17, 15) is 0 Å². The zero-order valence-electron chi connectivity index (χ0n) is 17.6. The number of benzene rings is 4. The fourth-order valence-electron chi connectivity index (χ4n) is 4.80. The highest BCUT2D eigenvalue weighted by Crippen LogP contribution is 2.52. The monoisotopic (exact) mass is 401 g/mol. The molecule has 0 aliphatic carbocycles. The van der Waals surface area contributed by atoms with Gasteiger partial charge in [-0.2, -0.15) is 0 Å². The molecule has 1 aliphatic rings. The lowest BCUT2D eigenvalue weighted by Crippen LogP contribution is -2.30. The largest absolute Gasteiger partial charge is 0.338 e. The minimum absolute atomic E-state index is 0.126. The third-order valence-electron chi connectivity index (χ3n) is 6.41. The lowest BCUT2D eigenvalue weighted by atomic mass is 9.73. The molecule has 1 aliphatic heterocycles. The van der Waals surface area contributed by atoms with Crippen LogP contribution in [0.4, 0.5) is 17.1 Å². The van der Waals surface area contributed by atoms with Crippen molar-refractivity contribution in [2.45, 2.75) is 19.3 Å². The number of imidazole rings is 1. The Kier molecular flexibility index (Phi) is 3.81. The quantitative estimate of drug-likeness (QED) is 0.335. The molecule has 0 amide bonds. The third-order valence-corrected chi connectivity index (χ3v) is 6.41. The number of anilines is 3. The fourth-order valence-corrected chi connectivity index (χ4v) is 4.80. The SMILES string of the molecule is CC1(C)c2ccccc2N(c2ccccc2)c2ccc(-c3nc4ccccc4[nH]3)cc21. The number of aromatic amines is 1. The second-order valence-corrected chi connectivity index (χ2v) is 8.65. The van der Waals surface area contributed by atoms with Gasteiger partial charge >= 0.3 is 0 Å². The first-order chi connectivity index (χ1) is 15.1. The van der Waals surface area contributed by atoms with Crippen molar-refractivity contribution in [3.8, 4) is 11.4 Å². The maximum absolute atomic E-state index is 4.83. The number of rotatable bonds is 2. The minimum Gasteiger partial charge on any atom is -0.338 e. The highest BCUT2D eigenvalue weighted by Gasteiger charge is 2.37. The molecule has 4 aromatic carbocycles. The van der Waals surface area contributed by atoms with E-state index in [0.717, 1.165) is 22.4 Å². The molecule has 150 valence electrons. The van der Waals surface area contributed by atoms with E-state index in [4.69, 9.17) is 4.98 Å². The van der Waals surface area contributed by atoms with E-state index in [1.165, 1.54) is 28.2 Å². The van der Waals surface area contributed by atoms with Crippen molar-refractivity contribution in [2.75, 3.05) is 4.90 Å². The van der Waals surface area contributed by atoms with Gasteiger partial charge in [0.1, 0.15) is 5.82 Å². The molecule has 0 atom stereocenters. The normalized spacial score (nSPS) is 14.3. The minimum atomic E-state index is -0.126. The summed E-state index contributed by atoms with van der Waals surface area (Å²) in [6.07, 6.45) is 0. The standard InChI is InChI=1S/C28H23N3/c1-28(2)21-12-6-9-15-25(21)31(20-10-4-3-5-11-20)26-17-16-19(18-22(26)28)27-29-23-13-7-8-14-24(23)30-27/h3-18H,1-2H3,(H,29,30). The Morgan fingerprint density at radius 3 is 2.26 bits per heavy atom. The van der Waals surface area contributed by atoms with Gasteiger partial charge in [0.15, 0.2) is 0 Å². The van der Waals surface area contributed by atoms with Crippen molar-refractivity contribution >= 4 is 28.1 Å². The molecule has 6 rings (SSSR count). The summed E-state index contributed by atoms with van der Waals surface area (Å²) in [5, 5.41) is 0. The van der Waals surface area contributed by atoms with Crippen LogP contribution in [0.15, 0.2) is 97.1 Å². The van der Waals surface area contributed by atoms with Crippen molar-refractivity contribution in [3.05, 3.63) is 108 Å². The van der Waals surface area contributed by atoms with Gasteiger partial charge in [-0.1, -0.05) is 62.4 Å². The van der Waals surface area contributed by atoms with Gasteiger partial charge in [0.2, 0.25) is 0 Å². The van der Waals surface area contributed by atoms with Crippen LogP contribution in [0.3, 0.4) is 0 Å². The molecule has 0 radical (unpaired) electrons. The first kappa shape index (κ1) is 18.0. The Morgan fingerprint density at radius 1 is 0.710 bits per heavy atom. The number of nitrogens with one attached hydrogen (secondary N) is 1. The third kappa shape index (κ3) is 2.70. The van der Waals surface area contributed by atoms with Gasteiger partial charge in [-0.05, 0) is 59.7 Å². The van der Waals surface area contributed by atoms with Gasteiger partial charge < -0.3 is 9.88 Å². The molecule has 5 aromatic rings. The molecule has 31 heavy (non-hydrogen) atoms. The van der Waals surface area contributed by atoms with Gasteiger partial charge in [-0.3, -0.25) is 0 Å². The number of fused-ring (bicyclic) bond motifs is 3. The van der Waals surface area contributed by atoms with Crippen LogP contribution in [0.1, 0.15) is 25.0 Å². The van der Waals surface area contributed by atoms with Gasteiger partial charge in [-0.15, -0.1) is 0 Å². The summed E-state index contributed by atoms with van der Waals surface area (Å²) in [5.74, 6) is 0.907. The fraction of sp³-hybridized carbons (Fsp3) is 0.107. The smallest absolute Gasteiger partial charge is 0.138 e. The highest BCUT2D eigenvalue weighted by atomic mass is 15.2. The molecule has 0 unspecified atom stereocenters. The predicted molar refractivity (Wildman–Crippen MR) is 128 cm³/mol. The summed E-state index contributed by atoms with van der Waals surface area (Å²) in [5.41, 5.74) is 9.29. The number of para-hydroxylation sites is 4. The zero-order chi connectivity index (χ0) is 21.0. The average molecular weight is 402 g/mol. The Hall–Kier alpha value is -3.85. The molecule has 3 heteroatoms. The van der Waals surface area contributed by atoms with Gasteiger partial charge in [0, 0.05) is 16.7 Å². The van der Waals surface area contributed by atoms with E-state index in [-0.39, 0.29) is 5.41 Å². The van der Waals surface area contributed by atoms with Crippen molar-refractivity contribution in [3.63, 3.8) is 0 Å². The van der Waals surface area contributed by atoms with Crippen LogP contribution in [0.2, 0.25) is 0 Å². The Bertz CT molecular complexity index is 1380. The van der Waals surface area contributed by atoms with Crippen LogP contribution in [0.5, 0.6) is 0 Å². The number of hydrogen-bond donors (Lipinski definition) is 1. The second kappa shape index (κ2) is 6.58. The molecular weight excluding hydrogens is 378 g/mol. The van der Waals surface area contributed by atoms with Crippen molar-refractivity contribution in [1.82, 2.24) is 9.97 Å². The second-order valence-electron chi connectivity index (χ2n) is 8.65. The van der Waals surface area contributed by atoms with Crippen LogP contribution in [-0.4, -0.2) is 9.97 Å². The van der Waals surface area contributed by atoms with Gasteiger partial charge in [0.05, 0.1) is 22.4 Å². The first-order valence-electron chi connectivity index (χ1n) is 10.7. The highest BCUT2D eigenvalue weighted by molar-refractivity contribution is 5.87. The van der Waals surface area contributed by atoms with E-state index in [1.807, 2.05) is 18.2 Å². The molecule has 1 aromatic heterocycles. The number of hydrogen-bond acceptors (Lipinski definition) is 2. The topological polar surface area (TPSA) is 31.9 Å². The summed E-state index contributed by atoms with van der Waals surface area (Å²) < 4.78 is 0. The maximum Gasteiger partial charge on any atom is 0.138 e. The Labute approximate surface area is 182 Å². The lowest BCUT2D eigenvalue weighted by molar-refractivity contribution is 0.632. The summed E-state index contributed by atoms with van der Waals surface area (Å²) in [7, 11) is 0. The van der Waals surface area contributed by atoms with E-state index in [2.05, 4.69) is 103 Å². The molecule has 1 N–H and O–H groups in total. The maximum atomic E-state index is 4.83. The number of H-pyrrole nitrogens is 1. The lowest BCUT2D eigenvalue weighted by Gasteiger charge is -2.42. The molecule has 0 bridgehead atoms. The van der Waals surface area contributed by atoms with Crippen molar-refractivity contribution in [2.24, 2.45) is 0 Å². The van der Waals surface area contributed by atoms with Crippen LogP contribution in [-0.2, 0) is 5.41 Å². The Morgan fingerprint density at radius 2 is 1.42 bits per heavy atom. The molecule has 0 fully saturated rings. The summed E-state index contributed by atoms with van der Waals surface area (Å²) in [6.45, 7) is 4.63. The molecule has 3 nitrogen and oxygen atoms in total. The van der Waals surface area contributed by atoms with Crippen LogP contribution < -0.4 is 4.90 Å². The summed E-state index contributed by atoms with van der Waals surface area (Å²) >= 11 is 0. The Balaban J connectivity index is 1.58. The van der Waals surface area contributed by atoms with Gasteiger partial charge in [0.25, 0.3) is 0 Å². The van der Waals surface area contributed by atoms with Crippen molar-refractivity contribution < 1.29 is 0 Å². The van der Waals surface area contributed by atoms with E-state index in [1.54, 1.807) is 0 Å². The van der Waals surface area contributed by atoms with E-state index in [0.29, 0.717) is 0 Å². The average Bonchev–Trinajstić information content (AvgIpc) is 3.24. The molecular formula is C28H23N3. The summed E-state index contributed by atoms with van der Waals surface area (Å²) in [4.78, 5) is 10.7. The predicted octanol–water partition coefficient (Wildman–Crippen LogP) is 7.34. The van der Waals surface area contributed by atoms with Crippen LogP contribution in [0, 0.1) is 0 Å². The molecule has 0 saturated heterocycles. The van der Waals surface area contributed by atoms with Gasteiger partial charge in [-0.25, -0.2) is 4.98 Å². The molecule has 0 spiro atoms.